The second-order valence-corrected chi connectivity index (χ2v) is 2.38. The van der Waals surface area contributed by atoms with Crippen LogP contribution in [-0.4, -0.2) is 30.2 Å². The van der Waals surface area contributed by atoms with Crippen LogP contribution in [0.15, 0.2) is 0 Å². The molecule has 0 aliphatic rings. The van der Waals surface area contributed by atoms with E-state index in [0.29, 0.717) is 13.0 Å². The number of hydrogen-bond acceptors (Lipinski definition) is 4. The zero-order valence-electron chi connectivity index (χ0n) is 6.79. The van der Waals surface area contributed by atoms with E-state index < -0.39 is 11.9 Å². The lowest BCUT2D eigenvalue weighted by Crippen LogP contribution is -2.33. The molecule has 4 N–H and O–H groups in total. The van der Waals surface area contributed by atoms with Gasteiger partial charge in [0.1, 0.15) is 6.04 Å². The number of nitrogens with zero attached hydrogens (tertiary/aromatic N) is 1. The number of rotatable bonds is 6. The molecule has 0 aliphatic heterocycles. The number of carbonyl (C=O) groups is 1. The minimum Gasteiger partial charge on any atom is -0.396 e. The second kappa shape index (κ2) is 6.58. The van der Waals surface area contributed by atoms with Crippen molar-refractivity contribution in [3.63, 3.8) is 0 Å². The molecule has 68 valence electrons. The van der Waals surface area contributed by atoms with Crippen LogP contribution in [0.25, 0.3) is 0 Å². The Morgan fingerprint density at radius 3 is 2.83 bits per heavy atom. The van der Waals surface area contributed by atoms with Gasteiger partial charge in [-0.1, -0.05) is 0 Å². The Morgan fingerprint density at radius 2 is 2.42 bits per heavy atom. The Hall–Kier alpha value is -1.12. The summed E-state index contributed by atoms with van der Waals surface area (Å²) in [4.78, 5) is 10.4. The highest BCUT2D eigenvalue weighted by Gasteiger charge is 2.08. The molecule has 0 saturated carbocycles. The average Bonchev–Trinajstić information content (AvgIpc) is 2.02. The summed E-state index contributed by atoms with van der Waals surface area (Å²) in [5.74, 6) is -0.502. The van der Waals surface area contributed by atoms with Crippen molar-refractivity contribution < 1.29 is 9.90 Å². The Balaban J connectivity index is 3.55. The predicted molar refractivity (Wildman–Crippen MR) is 42.9 cm³/mol. The maximum atomic E-state index is 10.4. The molecule has 1 atom stereocenters. The molecule has 0 spiro atoms. The average molecular weight is 171 g/mol. The molecule has 0 fully saturated rings. The number of nitrogens with two attached hydrogens (primary N) is 1. The molecule has 0 saturated heterocycles. The molecule has 5 heteroatoms. The van der Waals surface area contributed by atoms with Crippen molar-refractivity contribution in [1.82, 2.24) is 5.32 Å². The van der Waals surface area contributed by atoms with Crippen molar-refractivity contribution in [2.75, 3.05) is 13.2 Å². The number of aliphatic hydroxyl groups excluding tert-OH is 1. The number of nitrogens with one attached hydrogen (secondary N) is 1. The van der Waals surface area contributed by atoms with E-state index in [1.165, 1.54) is 0 Å². The van der Waals surface area contributed by atoms with Crippen LogP contribution >= 0.6 is 0 Å². The van der Waals surface area contributed by atoms with Gasteiger partial charge in [-0.2, -0.15) is 5.26 Å². The SMILES string of the molecule is N#CC(CC(N)=O)NCCCO. The van der Waals surface area contributed by atoms with E-state index in [9.17, 15) is 4.79 Å². The van der Waals surface area contributed by atoms with E-state index >= 15 is 0 Å². The Morgan fingerprint density at radius 1 is 1.75 bits per heavy atom. The number of aliphatic hydroxyl groups is 1. The van der Waals surface area contributed by atoms with E-state index in [1.54, 1.807) is 0 Å². The minimum atomic E-state index is -0.533. The highest BCUT2D eigenvalue weighted by molar-refractivity contribution is 5.74. The lowest BCUT2D eigenvalue weighted by Gasteiger charge is -2.07. The zero-order chi connectivity index (χ0) is 9.40. The molecule has 0 aromatic carbocycles. The summed E-state index contributed by atoms with van der Waals surface area (Å²) in [7, 11) is 0. The van der Waals surface area contributed by atoms with Crippen LogP contribution in [0.4, 0.5) is 0 Å². The third kappa shape index (κ3) is 5.65. The number of hydrogen-bond donors (Lipinski definition) is 3. The molecule has 1 unspecified atom stereocenters. The van der Waals surface area contributed by atoms with E-state index in [-0.39, 0.29) is 13.0 Å². The van der Waals surface area contributed by atoms with Crippen LogP contribution in [0.5, 0.6) is 0 Å². The molecule has 1 amide bonds. The minimum absolute atomic E-state index is 0.0158. The van der Waals surface area contributed by atoms with Crippen molar-refractivity contribution in [2.24, 2.45) is 5.73 Å². The third-order valence-corrected chi connectivity index (χ3v) is 1.29. The van der Waals surface area contributed by atoms with Gasteiger partial charge in [-0.05, 0) is 13.0 Å². The highest BCUT2D eigenvalue weighted by Crippen LogP contribution is 1.88. The lowest BCUT2D eigenvalue weighted by molar-refractivity contribution is -0.118. The molecular weight excluding hydrogens is 158 g/mol. The zero-order valence-corrected chi connectivity index (χ0v) is 6.79. The normalized spacial score (nSPS) is 12.0. The Kier molecular flexibility index (Phi) is 5.97. The molecule has 0 rings (SSSR count). The van der Waals surface area contributed by atoms with Gasteiger partial charge in [0.05, 0.1) is 12.5 Å². The van der Waals surface area contributed by atoms with Crippen molar-refractivity contribution >= 4 is 5.91 Å². The standard InChI is InChI=1S/C7H13N3O2/c8-5-6(4-7(9)12)10-2-1-3-11/h6,10-11H,1-4H2,(H2,9,12). The first-order valence-corrected chi connectivity index (χ1v) is 3.73. The molecule has 0 aromatic rings. The van der Waals surface area contributed by atoms with E-state index in [1.807, 2.05) is 6.07 Å². The summed E-state index contributed by atoms with van der Waals surface area (Å²) < 4.78 is 0. The summed E-state index contributed by atoms with van der Waals surface area (Å²) in [6, 6.07) is 1.37. The Labute approximate surface area is 71.2 Å². The van der Waals surface area contributed by atoms with Crippen molar-refractivity contribution in [2.45, 2.75) is 18.9 Å². The topological polar surface area (TPSA) is 99.1 Å². The van der Waals surface area contributed by atoms with Crippen LogP contribution in [0.3, 0.4) is 0 Å². The van der Waals surface area contributed by atoms with Crippen LogP contribution < -0.4 is 11.1 Å². The monoisotopic (exact) mass is 171 g/mol. The van der Waals surface area contributed by atoms with Gasteiger partial charge in [-0.3, -0.25) is 4.79 Å². The summed E-state index contributed by atoms with van der Waals surface area (Å²) in [6.45, 7) is 0.587. The quantitative estimate of drug-likeness (QED) is 0.434. The lowest BCUT2D eigenvalue weighted by atomic mass is 10.2. The molecule has 0 aliphatic carbocycles. The molecule has 12 heavy (non-hydrogen) atoms. The van der Waals surface area contributed by atoms with Gasteiger partial charge in [0.25, 0.3) is 0 Å². The fourth-order valence-electron chi connectivity index (χ4n) is 0.720. The predicted octanol–water partition coefficient (Wildman–Crippen LogP) is -1.27. The van der Waals surface area contributed by atoms with E-state index in [2.05, 4.69) is 5.32 Å². The van der Waals surface area contributed by atoms with Crippen molar-refractivity contribution in [1.29, 1.82) is 5.26 Å². The fourth-order valence-corrected chi connectivity index (χ4v) is 0.720. The largest absolute Gasteiger partial charge is 0.396 e. The van der Waals surface area contributed by atoms with Crippen LogP contribution in [0.1, 0.15) is 12.8 Å². The van der Waals surface area contributed by atoms with Crippen molar-refractivity contribution in [3.8, 4) is 6.07 Å². The van der Waals surface area contributed by atoms with Gasteiger partial charge in [0, 0.05) is 6.61 Å². The maximum Gasteiger partial charge on any atom is 0.220 e. The smallest absolute Gasteiger partial charge is 0.220 e. The van der Waals surface area contributed by atoms with Crippen molar-refractivity contribution in [3.05, 3.63) is 0 Å². The number of amides is 1. The number of primary amides is 1. The summed E-state index contributed by atoms with van der Waals surface area (Å²) in [6.07, 6.45) is 0.582. The van der Waals surface area contributed by atoms with Gasteiger partial charge in [0.15, 0.2) is 0 Å². The van der Waals surface area contributed by atoms with Gasteiger partial charge < -0.3 is 16.2 Å². The number of carbonyl (C=O) groups excluding carboxylic acids is 1. The molecule has 5 nitrogen and oxygen atoms in total. The second-order valence-electron chi connectivity index (χ2n) is 2.38. The summed E-state index contributed by atoms with van der Waals surface area (Å²) in [5, 5.41) is 19.7. The first-order chi connectivity index (χ1) is 5.70. The van der Waals surface area contributed by atoms with Crippen LogP contribution in [0, 0.1) is 11.3 Å². The molecule has 0 bridgehead atoms. The summed E-state index contributed by atoms with van der Waals surface area (Å²) in [5.41, 5.74) is 4.89. The summed E-state index contributed by atoms with van der Waals surface area (Å²) >= 11 is 0. The van der Waals surface area contributed by atoms with Gasteiger partial charge in [0.2, 0.25) is 5.91 Å². The first kappa shape index (κ1) is 10.9. The highest BCUT2D eigenvalue weighted by atomic mass is 16.3. The van der Waals surface area contributed by atoms with E-state index in [0.717, 1.165) is 0 Å². The first-order valence-electron chi connectivity index (χ1n) is 3.73. The third-order valence-electron chi connectivity index (χ3n) is 1.29. The molecule has 0 aromatic heterocycles. The number of nitriles is 1. The van der Waals surface area contributed by atoms with Gasteiger partial charge in [-0.15, -0.1) is 0 Å². The molecular formula is C7H13N3O2. The van der Waals surface area contributed by atoms with Crippen LogP contribution in [0.2, 0.25) is 0 Å². The fraction of sp³-hybridized carbons (Fsp3) is 0.714. The maximum absolute atomic E-state index is 10.4. The van der Waals surface area contributed by atoms with Crippen LogP contribution in [-0.2, 0) is 4.79 Å². The van der Waals surface area contributed by atoms with Gasteiger partial charge in [-0.25, -0.2) is 0 Å². The Bertz CT molecular complexity index is 176. The molecule has 0 radical (unpaired) electrons. The van der Waals surface area contributed by atoms with E-state index in [4.69, 9.17) is 16.1 Å². The molecule has 0 heterocycles. The van der Waals surface area contributed by atoms with Gasteiger partial charge >= 0.3 is 0 Å².